The predicted octanol–water partition coefficient (Wildman–Crippen LogP) is 2.33. The van der Waals surface area contributed by atoms with Gasteiger partial charge in [0.2, 0.25) is 15.9 Å². The molecule has 3 rings (SSSR count). The zero-order valence-electron chi connectivity index (χ0n) is 16.7. The van der Waals surface area contributed by atoms with Crippen LogP contribution in [0.25, 0.3) is 11.5 Å². The van der Waals surface area contributed by atoms with E-state index in [1.54, 1.807) is 22.9 Å². The van der Waals surface area contributed by atoms with E-state index in [1.807, 2.05) is 20.8 Å². The number of nitrogens with zero attached hydrogens (tertiary/aromatic N) is 5. The fourth-order valence-electron chi connectivity index (χ4n) is 2.65. The van der Waals surface area contributed by atoms with E-state index in [2.05, 4.69) is 20.6 Å². The van der Waals surface area contributed by atoms with Crippen LogP contribution in [0.5, 0.6) is 0 Å². The van der Waals surface area contributed by atoms with E-state index >= 15 is 0 Å². The monoisotopic (exact) mass is 418 g/mol. The highest BCUT2D eigenvalue weighted by Crippen LogP contribution is 2.23. The molecule has 0 aliphatic carbocycles. The van der Waals surface area contributed by atoms with E-state index in [4.69, 9.17) is 4.42 Å². The third-order valence-corrected chi connectivity index (χ3v) is 6.00. The largest absolute Gasteiger partial charge is 0.403 e. The molecule has 0 aliphatic heterocycles. The quantitative estimate of drug-likeness (QED) is 0.651. The number of sulfonamides is 1. The predicted molar refractivity (Wildman–Crippen MR) is 106 cm³/mol. The maximum Gasteiger partial charge on any atom is 0.322 e. The lowest BCUT2D eigenvalue weighted by atomic mass is 10.2. The number of hydrogen-bond acceptors (Lipinski definition) is 7. The molecule has 0 atom stereocenters. The molecule has 1 N–H and O–H groups in total. The van der Waals surface area contributed by atoms with Gasteiger partial charge in [-0.2, -0.15) is 5.10 Å². The smallest absolute Gasteiger partial charge is 0.322 e. The maximum absolute atomic E-state index is 12.4. The summed E-state index contributed by atoms with van der Waals surface area (Å²) in [6, 6.07) is 7.75. The van der Waals surface area contributed by atoms with Gasteiger partial charge in [0.05, 0.1) is 4.90 Å². The number of hydrogen-bond donors (Lipinski definition) is 1. The van der Waals surface area contributed by atoms with E-state index < -0.39 is 15.9 Å². The van der Waals surface area contributed by atoms with Crippen LogP contribution >= 0.6 is 0 Å². The van der Waals surface area contributed by atoms with Crippen molar-refractivity contribution in [3.05, 3.63) is 41.7 Å². The molecule has 2 aromatic heterocycles. The number of amides is 1. The molecule has 0 aliphatic rings. The minimum atomic E-state index is -3.52. The Bertz CT molecular complexity index is 1130. The van der Waals surface area contributed by atoms with Gasteiger partial charge in [0, 0.05) is 31.4 Å². The molecule has 0 unspecified atom stereocenters. The van der Waals surface area contributed by atoms with Crippen LogP contribution in [0, 0.1) is 6.92 Å². The lowest BCUT2D eigenvalue weighted by Crippen LogP contribution is -2.22. The number of carbonyl (C=O) groups excluding carboxylic acids is 1. The fourth-order valence-corrected chi connectivity index (χ4v) is 3.56. The van der Waals surface area contributed by atoms with Gasteiger partial charge in [-0.3, -0.25) is 14.8 Å². The SMILES string of the molecule is Cc1cc(C(=O)Nc2nnc(-c3ccc(S(=O)(=O)N(C)C)cc3)o2)nn1C(C)C. The minimum absolute atomic E-state index is 0.0771. The van der Waals surface area contributed by atoms with E-state index in [1.165, 1.54) is 26.2 Å². The molecule has 0 saturated heterocycles. The Morgan fingerprint density at radius 2 is 1.83 bits per heavy atom. The standard InChI is InChI=1S/C18H22N6O4S/c1-11(2)24-12(3)10-15(22-24)16(25)19-18-21-20-17(28-18)13-6-8-14(9-7-13)29(26,27)23(4)5/h6-11H,1-5H3,(H,19,21,25). The average Bonchev–Trinajstić information content (AvgIpc) is 3.28. The molecule has 2 heterocycles. The van der Waals surface area contributed by atoms with Gasteiger partial charge >= 0.3 is 6.01 Å². The van der Waals surface area contributed by atoms with Crippen LogP contribution in [0.4, 0.5) is 6.01 Å². The second-order valence-electron chi connectivity index (χ2n) is 6.89. The van der Waals surface area contributed by atoms with Crippen molar-refractivity contribution in [2.45, 2.75) is 31.7 Å². The highest BCUT2D eigenvalue weighted by atomic mass is 32.2. The van der Waals surface area contributed by atoms with Crippen LogP contribution in [0.15, 0.2) is 39.6 Å². The third-order valence-electron chi connectivity index (χ3n) is 4.17. The molecule has 10 nitrogen and oxygen atoms in total. The van der Waals surface area contributed by atoms with Gasteiger partial charge in [0.25, 0.3) is 5.91 Å². The Kier molecular flexibility index (Phi) is 5.53. The zero-order valence-corrected chi connectivity index (χ0v) is 17.6. The van der Waals surface area contributed by atoms with E-state index in [0.29, 0.717) is 5.56 Å². The summed E-state index contributed by atoms with van der Waals surface area (Å²) in [5, 5.41) is 14.5. The fraction of sp³-hybridized carbons (Fsp3) is 0.333. The summed E-state index contributed by atoms with van der Waals surface area (Å²) < 4.78 is 32.6. The molecule has 0 bridgehead atoms. The summed E-state index contributed by atoms with van der Waals surface area (Å²) in [5.74, 6) is -0.312. The van der Waals surface area contributed by atoms with Gasteiger partial charge in [-0.15, -0.1) is 5.10 Å². The van der Waals surface area contributed by atoms with Crippen LogP contribution in [-0.4, -0.2) is 52.7 Å². The maximum atomic E-state index is 12.4. The molecule has 11 heteroatoms. The Hall–Kier alpha value is -3.05. The number of aromatic nitrogens is 4. The first-order valence-electron chi connectivity index (χ1n) is 8.83. The summed E-state index contributed by atoms with van der Waals surface area (Å²) in [4.78, 5) is 12.5. The van der Waals surface area contributed by atoms with Crippen molar-refractivity contribution < 1.29 is 17.6 Å². The normalized spacial score (nSPS) is 12.0. The summed E-state index contributed by atoms with van der Waals surface area (Å²) in [6.45, 7) is 5.82. The van der Waals surface area contributed by atoms with Crippen molar-refractivity contribution in [1.82, 2.24) is 24.3 Å². The van der Waals surface area contributed by atoms with E-state index in [0.717, 1.165) is 10.00 Å². The number of benzene rings is 1. The summed E-state index contributed by atoms with van der Waals surface area (Å²) >= 11 is 0. The highest BCUT2D eigenvalue weighted by Gasteiger charge is 2.19. The second kappa shape index (κ2) is 7.76. The van der Waals surface area contributed by atoms with Crippen molar-refractivity contribution in [2.75, 3.05) is 19.4 Å². The van der Waals surface area contributed by atoms with Crippen LogP contribution < -0.4 is 5.32 Å². The molecule has 1 amide bonds. The number of carbonyl (C=O) groups is 1. The van der Waals surface area contributed by atoms with Gasteiger partial charge in [0.15, 0.2) is 5.69 Å². The van der Waals surface area contributed by atoms with Gasteiger partial charge in [0.1, 0.15) is 0 Å². The first kappa shape index (κ1) is 20.7. The van der Waals surface area contributed by atoms with Gasteiger partial charge in [-0.05, 0) is 51.1 Å². The zero-order chi connectivity index (χ0) is 21.3. The Morgan fingerprint density at radius 1 is 1.17 bits per heavy atom. The number of nitrogens with one attached hydrogen (secondary N) is 1. The molecule has 29 heavy (non-hydrogen) atoms. The summed E-state index contributed by atoms with van der Waals surface area (Å²) in [6.07, 6.45) is 0. The lowest BCUT2D eigenvalue weighted by molar-refractivity contribution is 0.101. The van der Waals surface area contributed by atoms with Crippen molar-refractivity contribution in [1.29, 1.82) is 0 Å². The molecule has 1 aromatic carbocycles. The van der Waals surface area contributed by atoms with Crippen molar-refractivity contribution in [2.24, 2.45) is 0 Å². The molecule has 0 fully saturated rings. The molecule has 3 aromatic rings. The first-order chi connectivity index (χ1) is 13.6. The first-order valence-corrected chi connectivity index (χ1v) is 10.3. The van der Waals surface area contributed by atoms with Gasteiger partial charge in [-0.1, -0.05) is 5.10 Å². The van der Waals surface area contributed by atoms with Gasteiger partial charge in [-0.25, -0.2) is 12.7 Å². The minimum Gasteiger partial charge on any atom is -0.403 e. The molecular formula is C18H22N6O4S. The Balaban J connectivity index is 1.76. The van der Waals surface area contributed by atoms with Crippen LogP contribution in [-0.2, 0) is 10.0 Å². The molecule has 0 spiro atoms. The Morgan fingerprint density at radius 3 is 2.38 bits per heavy atom. The number of rotatable bonds is 6. The summed E-state index contributed by atoms with van der Waals surface area (Å²) in [5.41, 5.74) is 1.63. The summed E-state index contributed by atoms with van der Waals surface area (Å²) in [7, 11) is -0.604. The lowest BCUT2D eigenvalue weighted by Gasteiger charge is -2.11. The second-order valence-corrected chi connectivity index (χ2v) is 9.04. The van der Waals surface area contributed by atoms with Gasteiger partial charge < -0.3 is 4.42 Å². The third kappa shape index (κ3) is 4.20. The van der Waals surface area contributed by atoms with Crippen LogP contribution in [0.1, 0.15) is 36.1 Å². The molecular weight excluding hydrogens is 396 g/mol. The topological polar surface area (TPSA) is 123 Å². The van der Waals surface area contributed by atoms with E-state index in [9.17, 15) is 13.2 Å². The van der Waals surface area contributed by atoms with Crippen LogP contribution in [0.2, 0.25) is 0 Å². The highest BCUT2D eigenvalue weighted by molar-refractivity contribution is 7.89. The molecule has 0 radical (unpaired) electrons. The molecule has 0 saturated carbocycles. The number of aryl methyl sites for hydroxylation is 1. The molecule has 154 valence electrons. The van der Waals surface area contributed by atoms with Crippen molar-refractivity contribution >= 4 is 21.9 Å². The van der Waals surface area contributed by atoms with Crippen molar-refractivity contribution in [3.8, 4) is 11.5 Å². The van der Waals surface area contributed by atoms with Crippen molar-refractivity contribution in [3.63, 3.8) is 0 Å². The number of anilines is 1. The van der Waals surface area contributed by atoms with Crippen LogP contribution in [0.3, 0.4) is 0 Å². The average molecular weight is 418 g/mol. The Labute approximate surface area is 168 Å². The van der Waals surface area contributed by atoms with E-state index in [-0.39, 0.29) is 28.5 Å².